The summed E-state index contributed by atoms with van der Waals surface area (Å²) in [5.41, 5.74) is 2.64. The number of hydrogen-bond acceptors (Lipinski definition) is 1. The number of aromatic amines is 1. The van der Waals surface area contributed by atoms with Gasteiger partial charge in [0.25, 0.3) is 0 Å². The Hall–Kier alpha value is -0.800. The molecule has 0 spiro atoms. The van der Waals surface area contributed by atoms with E-state index >= 15 is 0 Å². The third-order valence-electron chi connectivity index (χ3n) is 2.78. The van der Waals surface area contributed by atoms with Crippen LogP contribution in [-0.4, -0.2) is 18.1 Å². The lowest BCUT2D eigenvalue weighted by Gasteiger charge is -2.01. The van der Waals surface area contributed by atoms with Crippen molar-refractivity contribution in [1.29, 1.82) is 0 Å². The largest absolute Gasteiger partial charge is 0.361 e. The van der Waals surface area contributed by atoms with Crippen LogP contribution in [-0.2, 0) is 6.42 Å². The van der Waals surface area contributed by atoms with Crippen molar-refractivity contribution in [2.75, 3.05) is 13.1 Å². The van der Waals surface area contributed by atoms with Crippen LogP contribution < -0.4 is 5.32 Å². The first-order valence-electron chi connectivity index (χ1n) is 5.77. The van der Waals surface area contributed by atoms with E-state index in [1.165, 1.54) is 22.9 Å². The summed E-state index contributed by atoms with van der Waals surface area (Å²) >= 11 is 3.52. The maximum Gasteiger partial charge on any atom is 0.0457 e. The molecule has 1 aromatic heterocycles. The van der Waals surface area contributed by atoms with Crippen LogP contribution in [0.3, 0.4) is 0 Å². The first kappa shape index (κ1) is 11.7. The SMILES string of the molecule is CCNCCCc1c[nH]c2ccc(Br)cc12. The zero-order chi connectivity index (χ0) is 11.4. The van der Waals surface area contributed by atoms with Gasteiger partial charge in [0.15, 0.2) is 0 Å². The highest BCUT2D eigenvalue weighted by Gasteiger charge is 2.03. The summed E-state index contributed by atoms with van der Waals surface area (Å²) in [5, 5.41) is 4.69. The zero-order valence-corrected chi connectivity index (χ0v) is 11.1. The minimum Gasteiger partial charge on any atom is -0.361 e. The molecule has 16 heavy (non-hydrogen) atoms. The van der Waals surface area contributed by atoms with Crippen molar-refractivity contribution in [2.24, 2.45) is 0 Å². The van der Waals surface area contributed by atoms with Gasteiger partial charge in [-0.05, 0) is 49.7 Å². The van der Waals surface area contributed by atoms with Crippen molar-refractivity contribution >= 4 is 26.8 Å². The van der Waals surface area contributed by atoms with Gasteiger partial charge in [-0.15, -0.1) is 0 Å². The number of rotatable bonds is 5. The Morgan fingerprint density at radius 3 is 3.06 bits per heavy atom. The van der Waals surface area contributed by atoms with Crippen LogP contribution in [0.15, 0.2) is 28.9 Å². The highest BCUT2D eigenvalue weighted by molar-refractivity contribution is 9.10. The second-order valence-corrected chi connectivity index (χ2v) is 4.88. The van der Waals surface area contributed by atoms with E-state index in [2.05, 4.69) is 57.6 Å². The first-order valence-corrected chi connectivity index (χ1v) is 6.57. The Morgan fingerprint density at radius 2 is 2.25 bits per heavy atom. The average Bonchev–Trinajstić information content (AvgIpc) is 2.67. The average molecular weight is 281 g/mol. The summed E-state index contributed by atoms with van der Waals surface area (Å²) in [6, 6.07) is 6.38. The number of nitrogens with one attached hydrogen (secondary N) is 2. The highest BCUT2D eigenvalue weighted by atomic mass is 79.9. The van der Waals surface area contributed by atoms with Gasteiger partial charge in [0.1, 0.15) is 0 Å². The predicted molar refractivity (Wildman–Crippen MR) is 72.9 cm³/mol. The second kappa shape index (κ2) is 5.51. The Kier molecular flexibility index (Phi) is 4.02. The zero-order valence-electron chi connectivity index (χ0n) is 9.52. The number of fused-ring (bicyclic) bond motifs is 1. The first-order chi connectivity index (χ1) is 7.81. The van der Waals surface area contributed by atoms with Crippen molar-refractivity contribution in [3.63, 3.8) is 0 Å². The fourth-order valence-corrected chi connectivity index (χ4v) is 2.30. The maximum atomic E-state index is 3.52. The molecule has 0 radical (unpaired) electrons. The van der Waals surface area contributed by atoms with Gasteiger partial charge in [-0.2, -0.15) is 0 Å². The smallest absolute Gasteiger partial charge is 0.0457 e. The molecule has 0 amide bonds. The molecule has 86 valence electrons. The summed E-state index contributed by atoms with van der Waals surface area (Å²) in [7, 11) is 0. The topological polar surface area (TPSA) is 27.8 Å². The molecule has 2 nitrogen and oxygen atoms in total. The quantitative estimate of drug-likeness (QED) is 0.807. The molecule has 0 bridgehead atoms. The van der Waals surface area contributed by atoms with Gasteiger partial charge in [0, 0.05) is 21.6 Å². The lowest BCUT2D eigenvalue weighted by Crippen LogP contribution is -2.14. The Bertz CT molecular complexity index is 462. The van der Waals surface area contributed by atoms with Crippen LogP contribution >= 0.6 is 15.9 Å². The number of hydrogen-bond donors (Lipinski definition) is 2. The third kappa shape index (κ3) is 2.66. The molecule has 0 aliphatic rings. The van der Waals surface area contributed by atoms with E-state index < -0.39 is 0 Å². The van der Waals surface area contributed by atoms with E-state index in [0.717, 1.165) is 24.0 Å². The molecule has 3 heteroatoms. The van der Waals surface area contributed by atoms with Crippen molar-refractivity contribution in [3.8, 4) is 0 Å². The minimum absolute atomic E-state index is 1.05. The molecule has 0 aliphatic heterocycles. The molecule has 0 aliphatic carbocycles. The molecule has 1 heterocycles. The van der Waals surface area contributed by atoms with Gasteiger partial charge in [-0.25, -0.2) is 0 Å². The van der Waals surface area contributed by atoms with Crippen molar-refractivity contribution in [3.05, 3.63) is 34.4 Å². The van der Waals surface area contributed by atoms with E-state index in [0.29, 0.717) is 0 Å². The molecule has 0 saturated heterocycles. The molecule has 0 atom stereocenters. The lowest BCUT2D eigenvalue weighted by molar-refractivity contribution is 0.674. The Balaban J connectivity index is 2.09. The molecular formula is C13H17BrN2. The summed E-state index contributed by atoms with van der Waals surface area (Å²) in [6.45, 7) is 4.29. The number of benzene rings is 1. The van der Waals surface area contributed by atoms with Crippen LogP contribution in [0.5, 0.6) is 0 Å². The molecule has 2 N–H and O–H groups in total. The molecule has 2 rings (SSSR count). The fourth-order valence-electron chi connectivity index (χ4n) is 1.94. The van der Waals surface area contributed by atoms with Crippen LogP contribution in [0.25, 0.3) is 10.9 Å². The van der Waals surface area contributed by atoms with Crippen LogP contribution in [0.1, 0.15) is 18.9 Å². The molecule has 2 aromatic rings. The number of aryl methyl sites for hydroxylation is 1. The van der Waals surface area contributed by atoms with E-state index in [1.54, 1.807) is 0 Å². The monoisotopic (exact) mass is 280 g/mol. The number of H-pyrrole nitrogens is 1. The van der Waals surface area contributed by atoms with Crippen LogP contribution in [0, 0.1) is 0 Å². The van der Waals surface area contributed by atoms with Gasteiger partial charge in [-0.3, -0.25) is 0 Å². The molecule has 1 aromatic carbocycles. The van der Waals surface area contributed by atoms with E-state index in [4.69, 9.17) is 0 Å². The predicted octanol–water partition coefficient (Wildman–Crippen LogP) is 3.47. The molecule has 0 unspecified atom stereocenters. The number of halogens is 1. The Labute approximate surface area is 105 Å². The second-order valence-electron chi connectivity index (χ2n) is 3.96. The number of aromatic nitrogens is 1. The summed E-state index contributed by atoms with van der Waals surface area (Å²) in [5.74, 6) is 0. The van der Waals surface area contributed by atoms with E-state index in [1.807, 2.05) is 0 Å². The fraction of sp³-hybridized carbons (Fsp3) is 0.385. The molecule has 0 fully saturated rings. The van der Waals surface area contributed by atoms with E-state index in [9.17, 15) is 0 Å². The third-order valence-corrected chi connectivity index (χ3v) is 3.27. The normalized spacial score (nSPS) is 11.1. The lowest BCUT2D eigenvalue weighted by atomic mass is 10.1. The van der Waals surface area contributed by atoms with Crippen LogP contribution in [0.4, 0.5) is 0 Å². The van der Waals surface area contributed by atoms with Gasteiger partial charge in [-0.1, -0.05) is 22.9 Å². The molecule has 0 saturated carbocycles. The maximum absolute atomic E-state index is 3.52. The standard InChI is InChI=1S/C13H17BrN2/c1-2-15-7-3-4-10-9-16-13-6-5-11(14)8-12(10)13/h5-6,8-9,15-16H,2-4,7H2,1H3. The summed E-state index contributed by atoms with van der Waals surface area (Å²) in [6.07, 6.45) is 4.44. The molecular weight excluding hydrogens is 264 g/mol. The summed E-state index contributed by atoms with van der Waals surface area (Å²) in [4.78, 5) is 3.32. The van der Waals surface area contributed by atoms with Gasteiger partial charge >= 0.3 is 0 Å². The van der Waals surface area contributed by atoms with Gasteiger partial charge < -0.3 is 10.3 Å². The van der Waals surface area contributed by atoms with Crippen molar-refractivity contribution < 1.29 is 0 Å². The van der Waals surface area contributed by atoms with E-state index in [-0.39, 0.29) is 0 Å². The summed E-state index contributed by atoms with van der Waals surface area (Å²) < 4.78 is 1.15. The van der Waals surface area contributed by atoms with Crippen LogP contribution in [0.2, 0.25) is 0 Å². The van der Waals surface area contributed by atoms with Crippen molar-refractivity contribution in [1.82, 2.24) is 10.3 Å². The Morgan fingerprint density at radius 1 is 1.38 bits per heavy atom. The van der Waals surface area contributed by atoms with Gasteiger partial charge in [0.2, 0.25) is 0 Å². The highest BCUT2D eigenvalue weighted by Crippen LogP contribution is 2.23. The van der Waals surface area contributed by atoms with Crippen molar-refractivity contribution in [2.45, 2.75) is 19.8 Å². The minimum atomic E-state index is 1.05. The van der Waals surface area contributed by atoms with Gasteiger partial charge in [0.05, 0.1) is 0 Å².